The van der Waals surface area contributed by atoms with Gasteiger partial charge in [0, 0.05) is 32.5 Å². The summed E-state index contributed by atoms with van der Waals surface area (Å²) in [7, 11) is 3.19. The summed E-state index contributed by atoms with van der Waals surface area (Å²) < 4.78 is 10.3. The van der Waals surface area contributed by atoms with Crippen LogP contribution in [-0.4, -0.2) is 32.5 Å². The summed E-state index contributed by atoms with van der Waals surface area (Å²) in [6.45, 7) is 3.44. The predicted molar refractivity (Wildman–Crippen MR) is 71.6 cm³/mol. The highest BCUT2D eigenvalue weighted by atomic mass is 16.7. The van der Waals surface area contributed by atoms with Crippen molar-refractivity contribution in [3.63, 3.8) is 0 Å². The maximum atomic E-state index is 11.0. The SMILES string of the molecule is COC(OC)C(C)Nc1cccc(NC(C)=O)c1. The van der Waals surface area contributed by atoms with Crippen molar-refractivity contribution in [2.24, 2.45) is 0 Å². The molecule has 0 saturated carbocycles. The molecule has 1 amide bonds. The molecule has 0 aliphatic rings. The highest BCUT2D eigenvalue weighted by Gasteiger charge is 2.15. The summed E-state index contributed by atoms with van der Waals surface area (Å²) in [6, 6.07) is 7.48. The van der Waals surface area contributed by atoms with Crippen molar-refractivity contribution in [3.05, 3.63) is 24.3 Å². The second-order valence-corrected chi connectivity index (χ2v) is 4.03. The molecule has 1 unspecified atom stereocenters. The molecule has 1 rings (SSSR count). The smallest absolute Gasteiger partial charge is 0.221 e. The quantitative estimate of drug-likeness (QED) is 0.761. The number of nitrogens with one attached hydrogen (secondary N) is 2. The van der Waals surface area contributed by atoms with Crippen LogP contribution in [0.15, 0.2) is 24.3 Å². The normalized spacial score (nSPS) is 12.3. The number of hydrogen-bond acceptors (Lipinski definition) is 4. The summed E-state index contributed by atoms with van der Waals surface area (Å²) >= 11 is 0. The van der Waals surface area contributed by atoms with E-state index in [9.17, 15) is 4.79 Å². The van der Waals surface area contributed by atoms with E-state index in [1.807, 2.05) is 31.2 Å². The zero-order valence-corrected chi connectivity index (χ0v) is 11.2. The zero-order chi connectivity index (χ0) is 13.5. The molecule has 0 radical (unpaired) electrons. The van der Waals surface area contributed by atoms with Crippen LogP contribution in [0.4, 0.5) is 11.4 Å². The molecule has 2 N–H and O–H groups in total. The lowest BCUT2D eigenvalue weighted by atomic mass is 10.2. The first-order chi connectivity index (χ1) is 8.56. The predicted octanol–water partition coefficient (Wildman–Crippen LogP) is 2.06. The number of anilines is 2. The Morgan fingerprint density at radius 3 is 2.39 bits per heavy atom. The van der Waals surface area contributed by atoms with Gasteiger partial charge in [0.05, 0.1) is 6.04 Å². The fraction of sp³-hybridized carbons (Fsp3) is 0.462. The van der Waals surface area contributed by atoms with Gasteiger partial charge in [-0.05, 0) is 25.1 Å². The summed E-state index contributed by atoms with van der Waals surface area (Å²) in [4.78, 5) is 11.0. The van der Waals surface area contributed by atoms with Gasteiger partial charge in [-0.15, -0.1) is 0 Å². The van der Waals surface area contributed by atoms with Crippen LogP contribution in [0.2, 0.25) is 0 Å². The Bertz CT molecular complexity index is 392. The number of ether oxygens (including phenoxy) is 2. The van der Waals surface area contributed by atoms with E-state index in [2.05, 4.69) is 10.6 Å². The third-order valence-electron chi connectivity index (χ3n) is 2.45. The van der Waals surface area contributed by atoms with Gasteiger partial charge >= 0.3 is 0 Å². The fourth-order valence-electron chi connectivity index (χ4n) is 1.73. The largest absolute Gasteiger partial charge is 0.377 e. The van der Waals surface area contributed by atoms with E-state index in [4.69, 9.17) is 9.47 Å². The second-order valence-electron chi connectivity index (χ2n) is 4.03. The van der Waals surface area contributed by atoms with Crippen LogP contribution < -0.4 is 10.6 Å². The number of amides is 1. The van der Waals surface area contributed by atoms with Crippen molar-refractivity contribution in [2.45, 2.75) is 26.2 Å². The van der Waals surface area contributed by atoms with Crippen molar-refractivity contribution in [1.29, 1.82) is 0 Å². The summed E-state index contributed by atoms with van der Waals surface area (Å²) in [5.74, 6) is -0.0909. The van der Waals surface area contributed by atoms with Crippen LogP contribution in [0, 0.1) is 0 Å². The Labute approximate surface area is 107 Å². The number of methoxy groups -OCH3 is 2. The monoisotopic (exact) mass is 252 g/mol. The molecule has 1 atom stereocenters. The Hall–Kier alpha value is -1.59. The van der Waals surface area contributed by atoms with Crippen LogP contribution in [0.1, 0.15) is 13.8 Å². The van der Waals surface area contributed by atoms with Gasteiger partial charge < -0.3 is 20.1 Å². The zero-order valence-electron chi connectivity index (χ0n) is 11.2. The van der Waals surface area contributed by atoms with E-state index in [-0.39, 0.29) is 18.2 Å². The van der Waals surface area contributed by atoms with Crippen LogP contribution in [0.5, 0.6) is 0 Å². The van der Waals surface area contributed by atoms with Crippen molar-refractivity contribution in [1.82, 2.24) is 0 Å². The lowest BCUT2D eigenvalue weighted by Gasteiger charge is -2.23. The highest BCUT2D eigenvalue weighted by Crippen LogP contribution is 2.17. The molecule has 1 aromatic rings. The second kappa shape index (κ2) is 6.98. The van der Waals surface area contributed by atoms with Crippen LogP contribution in [0.25, 0.3) is 0 Å². The minimum Gasteiger partial charge on any atom is -0.377 e. The maximum absolute atomic E-state index is 11.0. The van der Waals surface area contributed by atoms with Gasteiger partial charge in [-0.3, -0.25) is 4.79 Å². The first kappa shape index (κ1) is 14.5. The van der Waals surface area contributed by atoms with Gasteiger partial charge in [-0.2, -0.15) is 0 Å². The van der Waals surface area contributed by atoms with Crippen molar-refractivity contribution in [3.8, 4) is 0 Å². The molecule has 0 heterocycles. The molecule has 100 valence electrons. The molecular weight excluding hydrogens is 232 g/mol. The van der Waals surface area contributed by atoms with E-state index in [0.29, 0.717) is 0 Å². The van der Waals surface area contributed by atoms with Gasteiger partial charge in [0.25, 0.3) is 0 Å². The van der Waals surface area contributed by atoms with Crippen molar-refractivity contribution >= 4 is 17.3 Å². The number of carbonyl (C=O) groups excluding carboxylic acids is 1. The molecule has 0 saturated heterocycles. The Morgan fingerprint density at radius 1 is 1.22 bits per heavy atom. The first-order valence-corrected chi connectivity index (χ1v) is 5.76. The molecule has 0 aromatic heterocycles. The third kappa shape index (κ3) is 4.35. The third-order valence-corrected chi connectivity index (χ3v) is 2.45. The molecule has 5 nitrogen and oxygen atoms in total. The number of rotatable bonds is 6. The van der Waals surface area contributed by atoms with Crippen molar-refractivity contribution < 1.29 is 14.3 Å². The van der Waals surface area contributed by atoms with Gasteiger partial charge in [0.1, 0.15) is 0 Å². The minimum absolute atomic E-state index is 0.00687. The summed E-state index contributed by atoms with van der Waals surface area (Å²) in [6.07, 6.45) is -0.325. The van der Waals surface area contributed by atoms with Crippen LogP contribution >= 0.6 is 0 Å². The molecule has 0 spiro atoms. The van der Waals surface area contributed by atoms with E-state index in [0.717, 1.165) is 11.4 Å². The molecule has 5 heteroatoms. The number of benzene rings is 1. The molecule has 1 aromatic carbocycles. The fourth-order valence-corrected chi connectivity index (χ4v) is 1.73. The lowest BCUT2D eigenvalue weighted by molar-refractivity contribution is -0.114. The average Bonchev–Trinajstić information content (AvgIpc) is 2.30. The van der Waals surface area contributed by atoms with Crippen LogP contribution in [-0.2, 0) is 14.3 Å². The first-order valence-electron chi connectivity index (χ1n) is 5.76. The Kier molecular flexibility index (Phi) is 5.61. The van der Waals surface area contributed by atoms with E-state index < -0.39 is 0 Å². The number of hydrogen-bond donors (Lipinski definition) is 2. The van der Waals surface area contributed by atoms with Gasteiger partial charge in [0.15, 0.2) is 6.29 Å². The molecule has 0 aliphatic heterocycles. The number of carbonyl (C=O) groups is 1. The molecular formula is C13H20N2O3. The Balaban J connectivity index is 2.69. The highest BCUT2D eigenvalue weighted by molar-refractivity contribution is 5.89. The Morgan fingerprint density at radius 2 is 1.83 bits per heavy atom. The lowest BCUT2D eigenvalue weighted by Crippen LogP contribution is -2.33. The van der Waals surface area contributed by atoms with Crippen LogP contribution in [0.3, 0.4) is 0 Å². The van der Waals surface area contributed by atoms with Gasteiger partial charge in [-0.1, -0.05) is 6.07 Å². The molecule has 0 aliphatic carbocycles. The van der Waals surface area contributed by atoms with E-state index >= 15 is 0 Å². The maximum Gasteiger partial charge on any atom is 0.221 e. The summed E-state index contributed by atoms with van der Waals surface area (Å²) in [5, 5.41) is 5.99. The minimum atomic E-state index is -0.325. The summed E-state index contributed by atoms with van der Waals surface area (Å²) in [5.41, 5.74) is 1.65. The molecule has 0 fully saturated rings. The molecule has 0 bridgehead atoms. The standard InChI is InChI=1S/C13H20N2O3/c1-9(13(17-3)18-4)14-11-6-5-7-12(8-11)15-10(2)16/h5-9,13-14H,1-4H3,(H,15,16). The van der Waals surface area contributed by atoms with E-state index in [1.165, 1.54) is 6.92 Å². The average molecular weight is 252 g/mol. The van der Waals surface area contributed by atoms with E-state index in [1.54, 1.807) is 14.2 Å². The van der Waals surface area contributed by atoms with Gasteiger partial charge in [0.2, 0.25) is 5.91 Å². The van der Waals surface area contributed by atoms with Crippen molar-refractivity contribution in [2.75, 3.05) is 24.9 Å². The van der Waals surface area contributed by atoms with Gasteiger partial charge in [-0.25, -0.2) is 0 Å². The molecule has 18 heavy (non-hydrogen) atoms. The topological polar surface area (TPSA) is 59.6 Å².